The molecule has 0 aromatic heterocycles. The Morgan fingerprint density at radius 2 is 1.62 bits per heavy atom. The Hall–Kier alpha value is -4.46. The second-order valence-electron chi connectivity index (χ2n) is 6.80. The molecular weight excluding hydrogens is 408 g/mol. The summed E-state index contributed by atoms with van der Waals surface area (Å²) in [6.07, 6.45) is 1.39. The predicted octanol–water partition coefficient (Wildman–Crippen LogP) is 3.34. The molecule has 0 heterocycles. The first-order chi connectivity index (χ1) is 15.5. The third kappa shape index (κ3) is 6.02. The van der Waals surface area contributed by atoms with Crippen LogP contribution in [0.4, 0.5) is 11.4 Å². The van der Waals surface area contributed by atoms with Crippen LogP contribution >= 0.6 is 0 Å². The summed E-state index contributed by atoms with van der Waals surface area (Å²) in [5.74, 6) is -1.71. The number of methoxy groups -OCH3 is 1. The van der Waals surface area contributed by atoms with E-state index in [9.17, 15) is 14.4 Å². The molecule has 0 aliphatic rings. The van der Waals surface area contributed by atoms with Crippen molar-refractivity contribution in [3.63, 3.8) is 0 Å². The molecule has 162 valence electrons. The molecule has 0 saturated carbocycles. The van der Waals surface area contributed by atoms with Gasteiger partial charge in [0.1, 0.15) is 5.75 Å². The number of anilines is 2. The number of rotatable bonds is 6. The SMILES string of the molecule is COc1cccc(/C=N/NC(=O)C(=O)Nc2ccccc2C(=O)Nc2ccc(C)cc2)c1. The van der Waals surface area contributed by atoms with E-state index in [1.807, 2.05) is 19.1 Å². The van der Waals surface area contributed by atoms with Crippen molar-refractivity contribution < 1.29 is 19.1 Å². The quantitative estimate of drug-likeness (QED) is 0.317. The standard InChI is InChI=1S/C24H22N4O4/c1-16-10-12-18(13-11-16)26-22(29)20-8-3-4-9-21(20)27-23(30)24(31)28-25-15-17-6-5-7-19(14-17)32-2/h3-15H,1-2H3,(H,26,29)(H,27,30)(H,28,31)/b25-15+. The van der Waals surface area contributed by atoms with Crippen molar-refractivity contribution >= 4 is 35.3 Å². The van der Waals surface area contributed by atoms with Crippen LogP contribution < -0.4 is 20.8 Å². The monoisotopic (exact) mass is 430 g/mol. The highest BCUT2D eigenvalue weighted by Gasteiger charge is 2.17. The minimum absolute atomic E-state index is 0.203. The molecule has 0 saturated heterocycles. The Kier molecular flexibility index (Phi) is 7.32. The largest absolute Gasteiger partial charge is 0.497 e. The van der Waals surface area contributed by atoms with Gasteiger partial charge in [0.15, 0.2) is 0 Å². The maximum atomic E-state index is 12.7. The van der Waals surface area contributed by atoms with E-state index in [1.165, 1.54) is 12.3 Å². The predicted molar refractivity (Wildman–Crippen MR) is 123 cm³/mol. The molecule has 8 heteroatoms. The summed E-state index contributed by atoms with van der Waals surface area (Å²) < 4.78 is 5.11. The summed E-state index contributed by atoms with van der Waals surface area (Å²) in [5.41, 5.74) is 4.95. The van der Waals surface area contributed by atoms with E-state index in [0.29, 0.717) is 17.0 Å². The van der Waals surface area contributed by atoms with E-state index in [4.69, 9.17) is 4.74 Å². The Labute approximate surface area is 185 Å². The Bertz CT molecular complexity index is 1160. The van der Waals surface area contributed by atoms with Gasteiger partial charge in [0.2, 0.25) is 0 Å². The lowest BCUT2D eigenvalue weighted by Crippen LogP contribution is -2.33. The fraction of sp³-hybridized carbons (Fsp3) is 0.0833. The molecule has 0 atom stereocenters. The lowest BCUT2D eigenvalue weighted by atomic mass is 10.1. The average molecular weight is 430 g/mol. The van der Waals surface area contributed by atoms with Crippen LogP contribution in [0, 0.1) is 6.92 Å². The smallest absolute Gasteiger partial charge is 0.329 e. The normalized spacial score (nSPS) is 10.4. The number of ether oxygens (including phenoxy) is 1. The number of carbonyl (C=O) groups excluding carboxylic acids is 3. The maximum absolute atomic E-state index is 12.7. The van der Waals surface area contributed by atoms with Gasteiger partial charge < -0.3 is 15.4 Å². The molecule has 0 bridgehead atoms. The van der Waals surface area contributed by atoms with Gasteiger partial charge in [-0.15, -0.1) is 0 Å². The molecule has 32 heavy (non-hydrogen) atoms. The number of benzene rings is 3. The fourth-order valence-corrected chi connectivity index (χ4v) is 2.74. The van der Waals surface area contributed by atoms with Gasteiger partial charge in [-0.25, -0.2) is 5.43 Å². The zero-order valence-electron chi connectivity index (χ0n) is 17.6. The average Bonchev–Trinajstić information content (AvgIpc) is 2.81. The number of nitrogens with one attached hydrogen (secondary N) is 3. The minimum atomic E-state index is -0.974. The Morgan fingerprint density at radius 3 is 2.38 bits per heavy atom. The van der Waals surface area contributed by atoms with Gasteiger partial charge in [-0.3, -0.25) is 14.4 Å². The third-order valence-corrected chi connectivity index (χ3v) is 4.41. The number of hydrogen-bond donors (Lipinski definition) is 3. The van der Waals surface area contributed by atoms with Gasteiger partial charge in [-0.05, 0) is 48.9 Å². The van der Waals surface area contributed by atoms with Gasteiger partial charge in [0, 0.05) is 5.69 Å². The van der Waals surface area contributed by atoms with Crippen LogP contribution in [0.25, 0.3) is 0 Å². The minimum Gasteiger partial charge on any atom is -0.497 e. The van der Waals surface area contributed by atoms with E-state index in [0.717, 1.165) is 5.56 Å². The van der Waals surface area contributed by atoms with Crippen molar-refractivity contribution in [2.75, 3.05) is 17.7 Å². The molecule has 0 radical (unpaired) electrons. The Balaban J connectivity index is 1.63. The number of amides is 3. The number of aryl methyl sites for hydroxylation is 1. The molecule has 8 nitrogen and oxygen atoms in total. The van der Waals surface area contributed by atoms with E-state index in [-0.39, 0.29) is 11.3 Å². The summed E-state index contributed by atoms with van der Waals surface area (Å²) in [6, 6.07) is 20.7. The van der Waals surface area contributed by atoms with Crippen LogP contribution in [0.2, 0.25) is 0 Å². The van der Waals surface area contributed by atoms with E-state index >= 15 is 0 Å². The second kappa shape index (κ2) is 10.5. The van der Waals surface area contributed by atoms with Crippen LogP contribution in [0.5, 0.6) is 5.75 Å². The van der Waals surface area contributed by atoms with E-state index in [1.54, 1.807) is 61.7 Å². The molecule has 0 aliphatic carbocycles. The second-order valence-corrected chi connectivity index (χ2v) is 6.80. The molecule has 3 amide bonds. The summed E-state index contributed by atoms with van der Waals surface area (Å²) in [6.45, 7) is 1.95. The lowest BCUT2D eigenvalue weighted by Gasteiger charge is -2.11. The van der Waals surface area contributed by atoms with Crippen molar-refractivity contribution in [2.45, 2.75) is 6.92 Å². The third-order valence-electron chi connectivity index (χ3n) is 4.41. The molecule has 0 fully saturated rings. The lowest BCUT2D eigenvalue weighted by molar-refractivity contribution is -0.136. The van der Waals surface area contributed by atoms with Crippen LogP contribution in [0.15, 0.2) is 77.9 Å². The molecule has 0 aliphatic heterocycles. The van der Waals surface area contributed by atoms with Gasteiger partial charge in [-0.1, -0.05) is 42.0 Å². The highest BCUT2D eigenvalue weighted by molar-refractivity contribution is 6.40. The maximum Gasteiger partial charge on any atom is 0.329 e. The van der Waals surface area contributed by atoms with Crippen LogP contribution in [-0.4, -0.2) is 31.0 Å². The van der Waals surface area contributed by atoms with Crippen LogP contribution in [-0.2, 0) is 9.59 Å². The number of nitrogens with zero attached hydrogens (tertiary/aromatic N) is 1. The zero-order valence-corrected chi connectivity index (χ0v) is 17.6. The number of hydrogen-bond acceptors (Lipinski definition) is 5. The first-order valence-corrected chi connectivity index (χ1v) is 9.72. The van der Waals surface area contributed by atoms with Gasteiger partial charge in [-0.2, -0.15) is 5.10 Å². The molecule has 0 spiro atoms. The Morgan fingerprint density at radius 1 is 0.875 bits per heavy atom. The highest BCUT2D eigenvalue weighted by atomic mass is 16.5. The van der Waals surface area contributed by atoms with Crippen molar-refractivity contribution in [1.82, 2.24) is 5.43 Å². The molecular formula is C24H22N4O4. The first-order valence-electron chi connectivity index (χ1n) is 9.72. The van der Waals surface area contributed by atoms with Crippen molar-refractivity contribution in [1.29, 1.82) is 0 Å². The topological polar surface area (TPSA) is 109 Å². The fourth-order valence-electron chi connectivity index (χ4n) is 2.74. The number of hydrazone groups is 1. The molecule has 3 aromatic rings. The van der Waals surface area contributed by atoms with Crippen LogP contribution in [0.1, 0.15) is 21.5 Å². The summed E-state index contributed by atoms with van der Waals surface area (Å²) in [7, 11) is 1.54. The number of carbonyl (C=O) groups is 3. The molecule has 3 rings (SSSR count). The molecule has 3 N–H and O–H groups in total. The summed E-state index contributed by atoms with van der Waals surface area (Å²) in [4.78, 5) is 37.0. The molecule has 3 aromatic carbocycles. The van der Waals surface area contributed by atoms with Crippen molar-refractivity contribution in [3.05, 3.63) is 89.5 Å². The van der Waals surface area contributed by atoms with Crippen LogP contribution in [0.3, 0.4) is 0 Å². The van der Waals surface area contributed by atoms with E-state index in [2.05, 4.69) is 21.2 Å². The highest BCUT2D eigenvalue weighted by Crippen LogP contribution is 2.18. The van der Waals surface area contributed by atoms with Crippen molar-refractivity contribution in [3.8, 4) is 5.75 Å². The zero-order chi connectivity index (χ0) is 22.9. The summed E-state index contributed by atoms with van der Waals surface area (Å²) >= 11 is 0. The van der Waals surface area contributed by atoms with Crippen molar-refractivity contribution in [2.24, 2.45) is 5.10 Å². The van der Waals surface area contributed by atoms with Gasteiger partial charge >= 0.3 is 11.8 Å². The van der Waals surface area contributed by atoms with E-state index < -0.39 is 17.7 Å². The first kappa shape index (κ1) is 22.2. The molecule has 0 unspecified atom stereocenters. The van der Waals surface area contributed by atoms with Gasteiger partial charge in [0.05, 0.1) is 24.6 Å². The van der Waals surface area contributed by atoms with Gasteiger partial charge in [0.25, 0.3) is 5.91 Å². The number of para-hydroxylation sites is 1. The summed E-state index contributed by atoms with van der Waals surface area (Å²) in [5, 5.41) is 8.99.